The zero-order chi connectivity index (χ0) is 23.1. The largest absolute Gasteiger partial charge is 0.379 e. The van der Waals surface area contributed by atoms with Gasteiger partial charge in [-0.3, -0.25) is 14.5 Å². The Morgan fingerprint density at radius 1 is 1.06 bits per heavy atom. The van der Waals surface area contributed by atoms with E-state index < -0.39 is 10.0 Å². The van der Waals surface area contributed by atoms with E-state index in [4.69, 9.17) is 4.74 Å². The van der Waals surface area contributed by atoms with Gasteiger partial charge in [-0.2, -0.15) is 4.31 Å². The van der Waals surface area contributed by atoms with Gasteiger partial charge in [0.1, 0.15) is 5.82 Å². The second-order valence-electron chi connectivity index (χ2n) is 7.48. The number of aryl methyl sites for hydroxylation is 1. The molecule has 172 valence electrons. The molecule has 0 bridgehead atoms. The smallest absolute Gasteiger partial charge is 0.243 e. The fourth-order valence-corrected chi connectivity index (χ4v) is 4.67. The van der Waals surface area contributed by atoms with Gasteiger partial charge in [0.2, 0.25) is 21.8 Å². The molecule has 0 spiro atoms. The average Bonchev–Trinajstić information content (AvgIpc) is 2.74. The lowest BCUT2D eigenvalue weighted by molar-refractivity contribution is -0.119. The Morgan fingerprint density at radius 3 is 2.41 bits per heavy atom. The molecule has 1 saturated heterocycles. The van der Waals surface area contributed by atoms with Crippen molar-refractivity contribution in [2.24, 2.45) is 0 Å². The van der Waals surface area contributed by atoms with Gasteiger partial charge in [0, 0.05) is 24.5 Å². The second-order valence-corrected chi connectivity index (χ2v) is 9.42. The maximum Gasteiger partial charge on any atom is 0.243 e. The number of hydrogen-bond acceptors (Lipinski definition) is 7. The summed E-state index contributed by atoms with van der Waals surface area (Å²) in [6, 6.07) is 11.4. The van der Waals surface area contributed by atoms with Crippen molar-refractivity contribution in [1.29, 1.82) is 0 Å². The Bertz CT molecular complexity index is 1070. The predicted octanol–water partition coefficient (Wildman–Crippen LogP) is 0.920. The number of amides is 2. The van der Waals surface area contributed by atoms with E-state index in [0.717, 1.165) is 5.69 Å². The summed E-state index contributed by atoms with van der Waals surface area (Å²) < 4.78 is 32.2. The van der Waals surface area contributed by atoms with Crippen LogP contribution in [0.5, 0.6) is 0 Å². The number of nitrogens with zero attached hydrogens (tertiary/aromatic N) is 3. The van der Waals surface area contributed by atoms with Crippen LogP contribution in [0.1, 0.15) is 5.69 Å². The summed E-state index contributed by atoms with van der Waals surface area (Å²) in [6.45, 7) is 3.08. The molecule has 10 nitrogen and oxygen atoms in total. The average molecular weight is 462 g/mol. The van der Waals surface area contributed by atoms with Crippen LogP contribution in [0.2, 0.25) is 0 Å². The molecule has 1 aromatic heterocycles. The quantitative estimate of drug-likeness (QED) is 0.600. The molecule has 2 N–H and O–H groups in total. The fourth-order valence-electron chi connectivity index (χ4n) is 3.21. The van der Waals surface area contributed by atoms with Crippen molar-refractivity contribution in [3.63, 3.8) is 0 Å². The van der Waals surface area contributed by atoms with E-state index in [1.165, 1.54) is 16.4 Å². The summed E-state index contributed by atoms with van der Waals surface area (Å²) in [4.78, 5) is 30.4. The highest BCUT2D eigenvalue weighted by Gasteiger charge is 2.26. The summed E-state index contributed by atoms with van der Waals surface area (Å²) in [7, 11) is -2.02. The number of aromatic nitrogens is 1. The molecule has 11 heteroatoms. The van der Waals surface area contributed by atoms with E-state index >= 15 is 0 Å². The number of morpholine rings is 1. The van der Waals surface area contributed by atoms with E-state index in [2.05, 4.69) is 15.6 Å². The zero-order valence-corrected chi connectivity index (χ0v) is 18.9. The number of pyridine rings is 1. The first kappa shape index (κ1) is 23.8. The van der Waals surface area contributed by atoms with Gasteiger partial charge in [-0.05, 0) is 44.3 Å². The van der Waals surface area contributed by atoms with Crippen LogP contribution >= 0.6 is 0 Å². The van der Waals surface area contributed by atoms with Gasteiger partial charge in [-0.1, -0.05) is 12.1 Å². The lowest BCUT2D eigenvalue weighted by Crippen LogP contribution is -2.40. The minimum absolute atomic E-state index is 0.00546. The molecule has 32 heavy (non-hydrogen) atoms. The van der Waals surface area contributed by atoms with Gasteiger partial charge in [0.25, 0.3) is 0 Å². The Hall–Kier alpha value is -2.86. The Kier molecular flexibility index (Phi) is 7.91. The lowest BCUT2D eigenvalue weighted by atomic mass is 10.3. The highest BCUT2D eigenvalue weighted by molar-refractivity contribution is 7.89. The van der Waals surface area contributed by atoms with Gasteiger partial charge in [-0.15, -0.1) is 0 Å². The highest BCUT2D eigenvalue weighted by atomic mass is 32.2. The van der Waals surface area contributed by atoms with Crippen molar-refractivity contribution >= 4 is 33.3 Å². The molecule has 0 atom stereocenters. The monoisotopic (exact) mass is 461 g/mol. The van der Waals surface area contributed by atoms with Crippen LogP contribution in [0.3, 0.4) is 0 Å². The predicted molar refractivity (Wildman–Crippen MR) is 120 cm³/mol. The number of likely N-dealkylation sites (N-methyl/N-ethyl adjacent to an activating group) is 1. The third kappa shape index (κ3) is 6.57. The molecule has 1 aliphatic rings. The zero-order valence-electron chi connectivity index (χ0n) is 18.1. The molecule has 2 aromatic rings. The normalized spacial score (nSPS) is 14.8. The first-order valence-corrected chi connectivity index (χ1v) is 11.6. The summed E-state index contributed by atoms with van der Waals surface area (Å²) in [5.41, 5.74) is 1.15. The standard InChI is InChI=1S/C21H27N5O5S/c1-16-5-3-8-19(22-16)24-21(28)15-25(2)14-20(27)23-17-6-4-7-18(13-17)32(29,30)26-9-11-31-12-10-26/h3-8,13H,9-12,14-15H2,1-2H3,(H,23,27)(H,22,24,28). The number of ether oxygens (including phenoxy) is 1. The summed E-state index contributed by atoms with van der Waals surface area (Å²) in [5.74, 6) is -0.210. The molecule has 1 fully saturated rings. The van der Waals surface area contributed by atoms with Crippen LogP contribution in [0.15, 0.2) is 47.4 Å². The van der Waals surface area contributed by atoms with E-state index in [1.54, 1.807) is 36.2 Å². The maximum atomic E-state index is 12.8. The molecule has 1 aliphatic heterocycles. The first-order chi connectivity index (χ1) is 15.2. The fraction of sp³-hybridized carbons (Fsp3) is 0.381. The Morgan fingerprint density at radius 2 is 1.72 bits per heavy atom. The van der Waals surface area contributed by atoms with E-state index in [0.29, 0.717) is 37.8 Å². The van der Waals surface area contributed by atoms with Gasteiger partial charge in [-0.25, -0.2) is 13.4 Å². The van der Waals surface area contributed by atoms with E-state index in [-0.39, 0.29) is 29.8 Å². The molecule has 1 aromatic carbocycles. The van der Waals surface area contributed by atoms with Crippen molar-refractivity contribution in [3.8, 4) is 0 Å². The molecule has 0 saturated carbocycles. The van der Waals surface area contributed by atoms with Crippen LogP contribution in [-0.2, 0) is 24.3 Å². The third-order valence-electron chi connectivity index (χ3n) is 4.71. The van der Waals surface area contributed by atoms with Gasteiger partial charge in [0.05, 0.1) is 31.2 Å². The molecule has 3 rings (SSSR count). The molecule has 2 amide bonds. The summed E-state index contributed by atoms with van der Waals surface area (Å²) in [5, 5.41) is 5.37. The first-order valence-electron chi connectivity index (χ1n) is 10.1. The number of rotatable bonds is 8. The van der Waals surface area contributed by atoms with Crippen LogP contribution < -0.4 is 10.6 Å². The topological polar surface area (TPSA) is 121 Å². The number of benzene rings is 1. The number of anilines is 2. The van der Waals surface area contributed by atoms with Crippen LogP contribution in [0.4, 0.5) is 11.5 Å². The van der Waals surface area contributed by atoms with Crippen molar-refractivity contribution in [2.75, 3.05) is 57.1 Å². The molecular weight excluding hydrogens is 434 g/mol. The molecule has 0 unspecified atom stereocenters. The van der Waals surface area contributed by atoms with Crippen molar-refractivity contribution in [2.45, 2.75) is 11.8 Å². The highest BCUT2D eigenvalue weighted by Crippen LogP contribution is 2.20. The van der Waals surface area contributed by atoms with Crippen LogP contribution in [0.25, 0.3) is 0 Å². The van der Waals surface area contributed by atoms with Crippen molar-refractivity contribution < 1.29 is 22.7 Å². The molecule has 2 heterocycles. The molecule has 0 radical (unpaired) electrons. The minimum atomic E-state index is -3.66. The molecular formula is C21H27N5O5S. The number of sulfonamides is 1. The number of carbonyl (C=O) groups is 2. The maximum absolute atomic E-state index is 12.8. The molecule has 0 aliphatic carbocycles. The lowest BCUT2D eigenvalue weighted by Gasteiger charge is -2.26. The Balaban J connectivity index is 1.54. The minimum Gasteiger partial charge on any atom is -0.379 e. The van der Waals surface area contributed by atoms with E-state index in [1.807, 2.05) is 13.0 Å². The van der Waals surface area contributed by atoms with Gasteiger partial charge in [0.15, 0.2) is 0 Å². The summed E-state index contributed by atoms with van der Waals surface area (Å²) >= 11 is 0. The van der Waals surface area contributed by atoms with Gasteiger partial charge >= 0.3 is 0 Å². The number of hydrogen-bond donors (Lipinski definition) is 2. The van der Waals surface area contributed by atoms with Crippen LogP contribution in [-0.4, -0.2) is 80.9 Å². The number of nitrogens with one attached hydrogen (secondary N) is 2. The SMILES string of the molecule is Cc1cccc(NC(=O)CN(C)CC(=O)Nc2cccc(S(=O)(=O)N3CCOCC3)c2)n1. The number of carbonyl (C=O) groups excluding carboxylic acids is 2. The third-order valence-corrected chi connectivity index (χ3v) is 6.60. The van der Waals surface area contributed by atoms with Gasteiger partial charge < -0.3 is 15.4 Å². The van der Waals surface area contributed by atoms with Crippen molar-refractivity contribution in [3.05, 3.63) is 48.2 Å². The van der Waals surface area contributed by atoms with Crippen molar-refractivity contribution in [1.82, 2.24) is 14.2 Å². The van der Waals surface area contributed by atoms with Crippen LogP contribution in [0, 0.1) is 6.92 Å². The van der Waals surface area contributed by atoms with E-state index in [9.17, 15) is 18.0 Å². The summed E-state index contributed by atoms with van der Waals surface area (Å²) in [6.07, 6.45) is 0. The second kappa shape index (κ2) is 10.6. The Labute approximate surface area is 187 Å².